The number of esters is 1. The van der Waals surface area contributed by atoms with E-state index in [1.165, 1.54) is 4.90 Å². The van der Waals surface area contributed by atoms with Crippen LogP contribution in [-0.2, 0) is 46.7 Å². The van der Waals surface area contributed by atoms with E-state index in [4.69, 9.17) is 9.47 Å². The summed E-state index contributed by atoms with van der Waals surface area (Å²) in [6.45, 7) is 7.86. The number of Topliss-reactive ketones (excluding diaryl/α,β-unsaturated/α-hetero) is 1. The summed E-state index contributed by atoms with van der Waals surface area (Å²) < 4.78 is 11.0. The number of likely N-dealkylation sites (tertiary alicyclic amines) is 1. The zero-order chi connectivity index (χ0) is 35.5. The maximum Gasteiger partial charge on any atom is 0.410 e. The van der Waals surface area contributed by atoms with Crippen LogP contribution in [0.25, 0.3) is 0 Å². The lowest BCUT2D eigenvalue weighted by atomic mass is 9.97. The smallest absolute Gasteiger partial charge is 0.410 e. The summed E-state index contributed by atoms with van der Waals surface area (Å²) in [7, 11) is 0. The number of hydrogen-bond acceptors (Lipinski definition) is 9. The molecule has 2 aromatic carbocycles. The van der Waals surface area contributed by atoms with Crippen LogP contribution in [0.1, 0.15) is 70.9 Å². The molecule has 0 radical (unpaired) electrons. The normalized spacial score (nSPS) is 18.5. The molecule has 4 amide bonds. The molecular weight excluding hydrogens is 628 g/mol. The Labute approximate surface area is 287 Å². The van der Waals surface area contributed by atoms with Crippen LogP contribution in [0.15, 0.2) is 60.7 Å². The van der Waals surface area contributed by atoms with Gasteiger partial charge in [0.05, 0.1) is 6.04 Å². The summed E-state index contributed by atoms with van der Waals surface area (Å²) in [5.74, 6) is -4.83. The van der Waals surface area contributed by atoms with E-state index >= 15 is 0 Å². The topological polar surface area (TPSA) is 151 Å². The van der Waals surface area contributed by atoms with Crippen molar-refractivity contribution in [2.24, 2.45) is 11.8 Å². The number of nitrogens with one attached hydrogen (secondary N) is 2. The molecule has 2 saturated heterocycles. The lowest BCUT2D eigenvalue weighted by Crippen LogP contribution is -2.62. The zero-order valence-corrected chi connectivity index (χ0v) is 28.8. The van der Waals surface area contributed by atoms with Crippen LogP contribution >= 0.6 is 0 Å². The summed E-state index contributed by atoms with van der Waals surface area (Å²) in [6, 6.07) is 13.7. The molecule has 2 N–H and O–H groups in total. The fraction of sp³-hybridized carbons (Fsp3) is 0.514. The van der Waals surface area contributed by atoms with Gasteiger partial charge >= 0.3 is 12.1 Å². The first-order valence-electron chi connectivity index (χ1n) is 17.1. The van der Waals surface area contributed by atoms with Crippen LogP contribution in [0.5, 0.6) is 0 Å². The summed E-state index contributed by atoms with van der Waals surface area (Å²) >= 11 is 0. The maximum absolute atomic E-state index is 14.4. The van der Waals surface area contributed by atoms with Gasteiger partial charge in [-0.1, -0.05) is 88.4 Å². The van der Waals surface area contributed by atoms with Gasteiger partial charge in [-0.15, -0.1) is 0 Å². The van der Waals surface area contributed by atoms with E-state index in [1.54, 1.807) is 26.0 Å². The maximum atomic E-state index is 14.4. The predicted molar refractivity (Wildman–Crippen MR) is 180 cm³/mol. The number of imide groups is 1. The van der Waals surface area contributed by atoms with Crippen LogP contribution in [0.3, 0.4) is 0 Å². The van der Waals surface area contributed by atoms with Gasteiger partial charge in [0.1, 0.15) is 31.3 Å². The van der Waals surface area contributed by atoms with Gasteiger partial charge in [0.25, 0.3) is 11.8 Å². The van der Waals surface area contributed by atoms with Gasteiger partial charge in [-0.3, -0.25) is 29.0 Å². The highest BCUT2D eigenvalue weighted by atomic mass is 16.6. The number of carbonyl (C=O) groups is 6. The molecule has 0 aliphatic carbocycles. The van der Waals surface area contributed by atoms with E-state index in [-0.39, 0.29) is 38.5 Å². The molecule has 264 valence electrons. The molecule has 4 rings (SSSR count). The monoisotopic (exact) mass is 676 g/mol. The quantitative estimate of drug-likeness (QED) is 0.225. The van der Waals surface area contributed by atoms with Crippen LogP contribution in [-0.4, -0.2) is 82.6 Å². The van der Waals surface area contributed by atoms with Crippen molar-refractivity contribution >= 4 is 35.6 Å². The number of carbonyl (C=O) groups excluding carboxylic acids is 6. The van der Waals surface area contributed by atoms with Crippen molar-refractivity contribution in [1.29, 1.82) is 0 Å². The predicted octanol–water partition coefficient (Wildman–Crippen LogP) is 3.76. The van der Waals surface area contributed by atoms with Crippen LogP contribution < -0.4 is 10.6 Å². The summed E-state index contributed by atoms with van der Waals surface area (Å²) in [4.78, 5) is 84.7. The third-order valence-corrected chi connectivity index (χ3v) is 8.77. The third kappa shape index (κ3) is 9.97. The van der Waals surface area contributed by atoms with E-state index in [9.17, 15) is 28.8 Å². The second kappa shape index (κ2) is 17.7. The van der Waals surface area contributed by atoms with Crippen molar-refractivity contribution in [1.82, 2.24) is 20.4 Å². The second-order valence-corrected chi connectivity index (χ2v) is 13.4. The largest absolute Gasteiger partial charge is 0.459 e. The molecule has 2 fully saturated rings. The van der Waals surface area contributed by atoms with Gasteiger partial charge in [0.2, 0.25) is 11.7 Å². The Morgan fingerprint density at radius 3 is 2.02 bits per heavy atom. The molecule has 0 saturated carbocycles. The molecule has 2 heterocycles. The lowest BCUT2D eigenvalue weighted by molar-refractivity contribution is -0.160. The lowest BCUT2D eigenvalue weighted by Gasteiger charge is -2.35. The van der Waals surface area contributed by atoms with Crippen LogP contribution in [0.2, 0.25) is 0 Å². The minimum absolute atomic E-state index is 0.00192. The molecule has 2 aliphatic heterocycles. The second-order valence-electron chi connectivity index (χ2n) is 13.4. The first-order chi connectivity index (χ1) is 23.5. The van der Waals surface area contributed by atoms with E-state index in [0.717, 1.165) is 16.0 Å². The number of benzene rings is 2. The van der Waals surface area contributed by atoms with Gasteiger partial charge in [0, 0.05) is 6.54 Å². The van der Waals surface area contributed by atoms with Crippen molar-refractivity contribution in [3.63, 3.8) is 0 Å². The third-order valence-electron chi connectivity index (χ3n) is 8.77. The number of amides is 4. The van der Waals surface area contributed by atoms with Gasteiger partial charge in [0.15, 0.2) is 0 Å². The number of ether oxygens (including phenoxy) is 2. The van der Waals surface area contributed by atoms with Gasteiger partial charge in [-0.25, -0.2) is 9.59 Å². The molecular formula is C37H48N4O8. The fourth-order valence-corrected chi connectivity index (χ4v) is 6.12. The minimum atomic E-state index is -1.43. The Bertz CT molecular complexity index is 1460. The zero-order valence-electron chi connectivity index (χ0n) is 28.8. The molecule has 0 bridgehead atoms. The standard InChI is InChI=1S/C37H48N4O8/c1-24(2)21-30(33(43)39-31(25(3)4)36(46)48-22-26-13-7-5-8-14-26)41(35(45)32(42)28-17-11-19-38-28)34(44)29-18-12-20-40(29)37(47)49-23-27-15-9-6-10-16-27/h5-10,13-16,24-25,28-31,38H,11-12,17-23H2,1-4H3,(H,39,43)/t28?,29-,30+,31-/m0/s1. The van der Waals surface area contributed by atoms with E-state index in [1.807, 2.05) is 62.4 Å². The molecule has 49 heavy (non-hydrogen) atoms. The highest BCUT2D eigenvalue weighted by Crippen LogP contribution is 2.25. The van der Waals surface area contributed by atoms with Gasteiger partial charge in [-0.05, 0) is 61.6 Å². The van der Waals surface area contributed by atoms with Crippen molar-refractivity contribution in [2.75, 3.05) is 13.1 Å². The first-order valence-corrected chi connectivity index (χ1v) is 17.1. The number of ketones is 1. The number of nitrogens with zero attached hydrogens (tertiary/aromatic N) is 2. The number of hydrogen-bond donors (Lipinski definition) is 2. The molecule has 1 unspecified atom stereocenters. The fourth-order valence-electron chi connectivity index (χ4n) is 6.12. The van der Waals surface area contributed by atoms with Crippen molar-refractivity contribution in [3.8, 4) is 0 Å². The Morgan fingerprint density at radius 1 is 0.857 bits per heavy atom. The van der Waals surface area contributed by atoms with Crippen molar-refractivity contribution in [2.45, 2.75) is 97.2 Å². The highest BCUT2D eigenvalue weighted by molar-refractivity contribution is 6.41. The summed E-state index contributed by atoms with van der Waals surface area (Å²) in [6.07, 6.45) is 1.05. The van der Waals surface area contributed by atoms with Gasteiger partial charge in [-0.2, -0.15) is 0 Å². The van der Waals surface area contributed by atoms with Crippen molar-refractivity contribution < 1.29 is 38.2 Å². The van der Waals surface area contributed by atoms with Crippen LogP contribution in [0.4, 0.5) is 4.79 Å². The first kappa shape index (κ1) is 37.2. The summed E-state index contributed by atoms with van der Waals surface area (Å²) in [5, 5.41) is 5.73. The van der Waals surface area contributed by atoms with E-state index in [2.05, 4.69) is 10.6 Å². The average molecular weight is 677 g/mol. The Morgan fingerprint density at radius 2 is 1.47 bits per heavy atom. The highest BCUT2D eigenvalue weighted by Gasteiger charge is 2.47. The van der Waals surface area contributed by atoms with Crippen molar-refractivity contribution in [3.05, 3.63) is 71.8 Å². The molecule has 2 aromatic rings. The molecule has 0 aromatic heterocycles. The summed E-state index contributed by atoms with van der Waals surface area (Å²) in [5.41, 5.74) is 1.53. The van der Waals surface area contributed by atoms with E-state index < -0.39 is 65.7 Å². The molecule has 0 spiro atoms. The molecule has 12 heteroatoms. The number of rotatable bonds is 14. The van der Waals surface area contributed by atoms with E-state index in [0.29, 0.717) is 25.8 Å². The SMILES string of the molecule is CC(C)C[C@H](C(=O)N[C@H](C(=O)OCc1ccccc1)C(C)C)N(C(=O)C(=O)C1CCCN1)C(=O)[C@@H]1CCCN1C(=O)OCc1ccccc1. The minimum Gasteiger partial charge on any atom is -0.459 e. The Hall–Kier alpha value is -4.58. The molecule has 2 aliphatic rings. The van der Waals surface area contributed by atoms with Gasteiger partial charge < -0.3 is 20.1 Å². The Balaban J connectivity index is 1.60. The van der Waals surface area contributed by atoms with Crippen LogP contribution in [0, 0.1) is 11.8 Å². The molecule has 12 nitrogen and oxygen atoms in total. The molecule has 4 atom stereocenters. The average Bonchev–Trinajstić information content (AvgIpc) is 3.82. The Kier molecular flexibility index (Phi) is 13.5.